The highest BCUT2D eigenvalue weighted by Crippen LogP contribution is 2.45. The van der Waals surface area contributed by atoms with Crippen LogP contribution in [-0.4, -0.2) is 24.7 Å². The van der Waals surface area contributed by atoms with E-state index in [9.17, 15) is 8.42 Å². The lowest BCUT2D eigenvalue weighted by molar-refractivity contribution is 0.378. The Balaban J connectivity index is 1.76. The first-order valence-corrected chi connectivity index (χ1v) is 10.9. The lowest BCUT2D eigenvalue weighted by Gasteiger charge is -2.27. The first-order chi connectivity index (χ1) is 10.3. The van der Waals surface area contributed by atoms with Gasteiger partial charge in [-0.05, 0) is 41.9 Å². The molecule has 2 nitrogen and oxygen atoms in total. The maximum absolute atomic E-state index is 12.4. The summed E-state index contributed by atoms with van der Waals surface area (Å²) >= 11 is 1.78. The molecule has 0 N–H and O–H groups in total. The summed E-state index contributed by atoms with van der Waals surface area (Å²) in [4.78, 5) is 1.21. The van der Waals surface area contributed by atoms with E-state index < -0.39 is 9.84 Å². The third-order valence-electron chi connectivity index (χ3n) is 5.10. The molecule has 0 spiro atoms. The molecule has 0 radical (unpaired) electrons. The highest BCUT2D eigenvalue weighted by Gasteiger charge is 2.47. The predicted octanol–water partition coefficient (Wildman–Crippen LogP) is 4.43. The van der Waals surface area contributed by atoms with Crippen LogP contribution in [0.3, 0.4) is 0 Å². The number of sulfone groups is 1. The van der Waals surface area contributed by atoms with Crippen LogP contribution in [0.4, 0.5) is 0 Å². The molecule has 1 saturated carbocycles. The zero-order valence-electron chi connectivity index (χ0n) is 13.7. The van der Waals surface area contributed by atoms with E-state index >= 15 is 0 Å². The summed E-state index contributed by atoms with van der Waals surface area (Å²) < 4.78 is 24.7. The van der Waals surface area contributed by atoms with Gasteiger partial charge in [0, 0.05) is 10.1 Å². The van der Waals surface area contributed by atoms with Crippen LogP contribution in [0.25, 0.3) is 0 Å². The van der Waals surface area contributed by atoms with Gasteiger partial charge in [-0.3, -0.25) is 0 Å². The summed E-state index contributed by atoms with van der Waals surface area (Å²) in [5.74, 6) is 0.736. The van der Waals surface area contributed by atoms with E-state index in [1.807, 2.05) is 0 Å². The maximum atomic E-state index is 12.4. The van der Waals surface area contributed by atoms with Gasteiger partial charge < -0.3 is 0 Å². The second kappa shape index (κ2) is 5.86. The second-order valence-corrected chi connectivity index (χ2v) is 11.3. The fourth-order valence-electron chi connectivity index (χ4n) is 3.80. The first kappa shape index (κ1) is 16.4. The van der Waals surface area contributed by atoms with E-state index in [2.05, 4.69) is 45.0 Å². The standard InChI is InChI=1S/C18H26O2S2/c1-18(2,3)13-8-10-14(11-9-13)21-16-12-22(19,20)17-7-5-4-6-15(16)17/h8-11,15-17H,4-7,12H2,1-3H3. The summed E-state index contributed by atoms with van der Waals surface area (Å²) in [6.07, 6.45) is 4.24. The molecule has 3 atom stereocenters. The highest BCUT2D eigenvalue weighted by atomic mass is 32.2. The Morgan fingerprint density at radius 2 is 1.68 bits per heavy atom. The summed E-state index contributed by atoms with van der Waals surface area (Å²) in [7, 11) is -2.87. The lowest BCUT2D eigenvalue weighted by Crippen LogP contribution is -2.27. The minimum atomic E-state index is -2.87. The van der Waals surface area contributed by atoms with Gasteiger partial charge in [-0.25, -0.2) is 8.42 Å². The number of thioether (sulfide) groups is 1. The largest absolute Gasteiger partial charge is 0.228 e. The Morgan fingerprint density at radius 1 is 1.05 bits per heavy atom. The molecule has 1 heterocycles. The van der Waals surface area contributed by atoms with Crippen molar-refractivity contribution >= 4 is 21.6 Å². The molecule has 1 aromatic carbocycles. The van der Waals surface area contributed by atoms with E-state index in [0.717, 1.165) is 19.3 Å². The SMILES string of the molecule is CC(C)(C)c1ccc(SC2CS(=O)(=O)C3CCCCC23)cc1. The second-order valence-electron chi connectivity index (χ2n) is 7.75. The molecule has 0 amide bonds. The minimum absolute atomic E-state index is 0.0624. The molecule has 3 unspecified atom stereocenters. The zero-order valence-corrected chi connectivity index (χ0v) is 15.3. The number of fused-ring (bicyclic) bond motifs is 1. The van der Waals surface area contributed by atoms with Crippen LogP contribution in [0.1, 0.15) is 52.0 Å². The number of hydrogen-bond acceptors (Lipinski definition) is 3. The van der Waals surface area contributed by atoms with E-state index in [-0.39, 0.29) is 15.9 Å². The molecule has 1 saturated heterocycles. The molecule has 1 aliphatic heterocycles. The van der Waals surface area contributed by atoms with Crippen LogP contribution >= 0.6 is 11.8 Å². The van der Waals surface area contributed by atoms with Gasteiger partial charge in [0.1, 0.15) is 0 Å². The molecule has 1 aliphatic carbocycles. The van der Waals surface area contributed by atoms with E-state index in [1.165, 1.54) is 16.9 Å². The van der Waals surface area contributed by atoms with E-state index in [4.69, 9.17) is 0 Å². The van der Waals surface area contributed by atoms with Gasteiger partial charge in [-0.2, -0.15) is 0 Å². The van der Waals surface area contributed by atoms with Gasteiger partial charge in [0.2, 0.25) is 0 Å². The average molecular weight is 339 g/mol. The minimum Gasteiger partial charge on any atom is -0.228 e. The van der Waals surface area contributed by atoms with Crippen molar-refractivity contribution in [2.75, 3.05) is 5.75 Å². The van der Waals surface area contributed by atoms with Gasteiger partial charge in [0.05, 0.1) is 11.0 Å². The Morgan fingerprint density at radius 3 is 2.32 bits per heavy atom. The smallest absolute Gasteiger partial charge is 0.154 e. The predicted molar refractivity (Wildman–Crippen MR) is 94.3 cm³/mol. The molecule has 0 aromatic heterocycles. The molecular weight excluding hydrogens is 312 g/mol. The van der Waals surface area contributed by atoms with Crippen molar-refractivity contribution in [1.29, 1.82) is 0 Å². The first-order valence-electron chi connectivity index (χ1n) is 8.26. The van der Waals surface area contributed by atoms with Crippen LogP contribution in [-0.2, 0) is 15.3 Å². The van der Waals surface area contributed by atoms with Crippen molar-refractivity contribution in [2.45, 2.75) is 67.3 Å². The summed E-state index contributed by atoms with van der Waals surface area (Å²) in [6.45, 7) is 6.64. The van der Waals surface area contributed by atoms with Crippen LogP contribution in [0, 0.1) is 5.92 Å². The molecular formula is C18H26O2S2. The number of hydrogen-bond donors (Lipinski definition) is 0. The van der Waals surface area contributed by atoms with Crippen molar-refractivity contribution in [3.05, 3.63) is 29.8 Å². The molecule has 2 aliphatic rings. The van der Waals surface area contributed by atoms with E-state index in [1.54, 1.807) is 11.8 Å². The monoisotopic (exact) mass is 338 g/mol. The Hall–Kier alpha value is -0.480. The van der Waals surface area contributed by atoms with Crippen LogP contribution < -0.4 is 0 Å². The third-order valence-corrected chi connectivity index (χ3v) is 9.00. The number of benzene rings is 1. The summed E-state index contributed by atoms with van der Waals surface area (Å²) in [6, 6.07) is 8.69. The Bertz CT molecular complexity index is 626. The molecule has 4 heteroatoms. The van der Waals surface area contributed by atoms with Crippen molar-refractivity contribution < 1.29 is 8.42 Å². The van der Waals surface area contributed by atoms with Gasteiger partial charge >= 0.3 is 0 Å². The zero-order chi connectivity index (χ0) is 16.0. The van der Waals surface area contributed by atoms with Crippen molar-refractivity contribution in [2.24, 2.45) is 5.92 Å². The normalized spacial score (nSPS) is 31.0. The molecule has 1 aromatic rings. The average Bonchev–Trinajstić information content (AvgIpc) is 2.70. The Kier molecular flexibility index (Phi) is 4.36. The van der Waals surface area contributed by atoms with Crippen molar-refractivity contribution in [3.63, 3.8) is 0 Å². The van der Waals surface area contributed by atoms with Gasteiger partial charge in [0.15, 0.2) is 9.84 Å². The topological polar surface area (TPSA) is 34.1 Å². The quantitative estimate of drug-likeness (QED) is 0.800. The van der Waals surface area contributed by atoms with Crippen molar-refractivity contribution in [3.8, 4) is 0 Å². The molecule has 2 fully saturated rings. The van der Waals surface area contributed by atoms with Crippen molar-refractivity contribution in [1.82, 2.24) is 0 Å². The van der Waals surface area contributed by atoms with Gasteiger partial charge in [-0.15, -0.1) is 11.8 Å². The summed E-state index contributed by atoms with van der Waals surface area (Å²) in [5.41, 5.74) is 1.49. The Labute approximate surface area is 139 Å². The van der Waals surface area contributed by atoms with Crippen LogP contribution in [0.5, 0.6) is 0 Å². The van der Waals surface area contributed by atoms with Gasteiger partial charge in [-0.1, -0.05) is 45.7 Å². The summed E-state index contributed by atoms with van der Waals surface area (Å²) in [5, 5.41) is 0.184. The number of rotatable bonds is 2. The molecule has 122 valence electrons. The fourth-order valence-corrected chi connectivity index (χ4v) is 8.22. The highest BCUT2D eigenvalue weighted by molar-refractivity contribution is 8.02. The third kappa shape index (κ3) is 3.23. The van der Waals surface area contributed by atoms with Crippen LogP contribution in [0.15, 0.2) is 29.2 Å². The maximum Gasteiger partial charge on any atom is 0.154 e. The van der Waals surface area contributed by atoms with E-state index in [0.29, 0.717) is 11.7 Å². The molecule has 22 heavy (non-hydrogen) atoms. The molecule has 0 bridgehead atoms. The van der Waals surface area contributed by atoms with Gasteiger partial charge in [0.25, 0.3) is 0 Å². The lowest BCUT2D eigenvalue weighted by atomic mass is 9.87. The molecule has 3 rings (SSSR count). The van der Waals surface area contributed by atoms with Crippen LogP contribution in [0.2, 0.25) is 0 Å². The fraction of sp³-hybridized carbons (Fsp3) is 0.667.